The molecule has 25 heavy (non-hydrogen) atoms. The van der Waals surface area contributed by atoms with Gasteiger partial charge in [-0.3, -0.25) is 9.78 Å². The first-order chi connectivity index (χ1) is 12.2. The van der Waals surface area contributed by atoms with Crippen LogP contribution in [0.25, 0.3) is 0 Å². The third-order valence-corrected chi connectivity index (χ3v) is 3.61. The number of carbonyl (C=O) groups excluding carboxylic acids is 1. The molecule has 0 atom stereocenters. The average Bonchev–Trinajstić information content (AvgIpc) is 2.66. The zero-order valence-electron chi connectivity index (χ0n) is 13.9. The number of nitrogens with one attached hydrogen (secondary N) is 2. The van der Waals surface area contributed by atoms with Crippen LogP contribution in [0.5, 0.6) is 0 Å². The van der Waals surface area contributed by atoms with Crippen LogP contribution in [-0.4, -0.2) is 21.1 Å². The molecule has 0 spiro atoms. The van der Waals surface area contributed by atoms with Crippen LogP contribution in [0.3, 0.4) is 0 Å². The summed E-state index contributed by atoms with van der Waals surface area (Å²) >= 11 is 0. The highest BCUT2D eigenvalue weighted by Gasteiger charge is 2.08. The van der Waals surface area contributed by atoms with Crippen LogP contribution in [0.1, 0.15) is 27.3 Å². The van der Waals surface area contributed by atoms with Gasteiger partial charge in [-0.2, -0.15) is 0 Å². The Morgan fingerprint density at radius 3 is 2.64 bits per heavy atom. The Morgan fingerprint density at radius 2 is 1.92 bits per heavy atom. The van der Waals surface area contributed by atoms with Gasteiger partial charge in [0.1, 0.15) is 5.82 Å². The molecule has 1 amide bonds. The lowest BCUT2D eigenvalue weighted by atomic mass is 10.1. The molecule has 1 aromatic carbocycles. The van der Waals surface area contributed by atoms with Gasteiger partial charge >= 0.3 is 0 Å². The van der Waals surface area contributed by atoms with Crippen molar-refractivity contribution in [1.29, 1.82) is 0 Å². The quantitative estimate of drug-likeness (QED) is 0.725. The Morgan fingerprint density at radius 1 is 1.00 bits per heavy atom. The van der Waals surface area contributed by atoms with E-state index in [0.29, 0.717) is 18.9 Å². The number of anilines is 1. The number of rotatable bonds is 6. The number of amides is 1. The SMILES string of the molecule is Cc1cccc(CNc2ccc(C(=O)NCc3ccccn3)nn2)c1. The summed E-state index contributed by atoms with van der Waals surface area (Å²) in [5.74, 6) is 0.353. The van der Waals surface area contributed by atoms with E-state index in [4.69, 9.17) is 0 Å². The highest BCUT2D eigenvalue weighted by molar-refractivity contribution is 5.92. The number of carbonyl (C=O) groups is 1. The molecule has 2 aromatic heterocycles. The summed E-state index contributed by atoms with van der Waals surface area (Å²) in [6.07, 6.45) is 1.69. The second-order valence-electron chi connectivity index (χ2n) is 5.65. The molecule has 2 heterocycles. The first-order valence-corrected chi connectivity index (χ1v) is 8.02. The van der Waals surface area contributed by atoms with Crippen molar-refractivity contribution in [2.24, 2.45) is 0 Å². The molecule has 6 heteroatoms. The van der Waals surface area contributed by atoms with Crippen LogP contribution >= 0.6 is 0 Å². The zero-order chi connectivity index (χ0) is 17.5. The van der Waals surface area contributed by atoms with Gasteiger partial charge in [-0.1, -0.05) is 35.9 Å². The van der Waals surface area contributed by atoms with E-state index in [1.54, 1.807) is 18.3 Å². The Balaban J connectivity index is 1.53. The molecule has 0 saturated heterocycles. The standard InChI is InChI=1S/C19H19N5O/c1-14-5-4-6-15(11-14)12-21-18-9-8-17(23-24-18)19(25)22-13-16-7-2-3-10-20-16/h2-11H,12-13H2,1H3,(H,21,24)(H,22,25). The first kappa shape index (κ1) is 16.6. The Labute approximate surface area is 146 Å². The molecule has 0 unspecified atom stereocenters. The molecular weight excluding hydrogens is 314 g/mol. The summed E-state index contributed by atoms with van der Waals surface area (Å²) in [6.45, 7) is 3.07. The van der Waals surface area contributed by atoms with Crippen LogP contribution in [0.4, 0.5) is 5.82 Å². The highest BCUT2D eigenvalue weighted by Crippen LogP contribution is 2.08. The molecule has 0 aliphatic rings. The lowest BCUT2D eigenvalue weighted by Gasteiger charge is -2.07. The van der Waals surface area contributed by atoms with E-state index in [1.165, 1.54) is 11.1 Å². The molecular formula is C19H19N5O. The van der Waals surface area contributed by atoms with E-state index in [2.05, 4.69) is 44.9 Å². The maximum absolute atomic E-state index is 12.1. The van der Waals surface area contributed by atoms with Gasteiger partial charge in [-0.15, -0.1) is 10.2 Å². The number of nitrogens with zero attached hydrogens (tertiary/aromatic N) is 3. The first-order valence-electron chi connectivity index (χ1n) is 8.02. The summed E-state index contributed by atoms with van der Waals surface area (Å²) in [7, 11) is 0. The van der Waals surface area contributed by atoms with Crippen molar-refractivity contribution in [1.82, 2.24) is 20.5 Å². The van der Waals surface area contributed by atoms with Crippen LogP contribution in [0.15, 0.2) is 60.8 Å². The van der Waals surface area contributed by atoms with Gasteiger partial charge in [0.15, 0.2) is 5.69 Å². The van der Waals surface area contributed by atoms with Gasteiger partial charge in [0, 0.05) is 12.7 Å². The van der Waals surface area contributed by atoms with Crippen molar-refractivity contribution < 1.29 is 4.79 Å². The molecule has 0 saturated carbocycles. The van der Waals surface area contributed by atoms with Gasteiger partial charge in [-0.25, -0.2) is 0 Å². The zero-order valence-corrected chi connectivity index (χ0v) is 13.9. The van der Waals surface area contributed by atoms with Crippen molar-refractivity contribution in [3.8, 4) is 0 Å². The number of pyridine rings is 1. The predicted octanol–water partition coefficient (Wildman–Crippen LogP) is 2.72. The van der Waals surface area contributed by atoms with Crippen LogP contribution in [-0.2, 0) is 13.1 Å². The van der Waals surface area contributed by atoms with Crippen molar-refractivity contribution in [2.75, 3.05) is 5.32 Å². The molecule has 2 N–H and O–H groups in total. The summed E-state index contributed by atoms with van der Waals surface area (Å²) < 4.78 is 0. The monoisotopic (exact) mass is 333 g/mol. The van der Waals surface area contributed by atoms with Gasteiger partial charge in [-0.05, 0) is 36.8 Å². The number of hydrogen-bond donors (Lipinski definition) is 2. The van der Waals surface area contributed by atoms with Crippen molar-refractivity contribution in [3.63, 3.8) is 0 Å². The number of hydrogen-bond acceptors (Lipinski definition) is 5. The third-order valence-electron chi connectivity index (χ3n) is 3.61. The Hall–Kier alpha value is -3.28. The van der Waals surface area contributed by atoms with E-state index in [0.717, 1.165) is 5.69 Å². The molecule has 3 rings (SSSR count). The minimum atomic E-state index is -0.275. The van der Waals surface area contributed by atoms with Gasteiger partial charge in [0.2, 0.25) is 0 Å². The van der Waals surface area contributed by atoms with E-state index >= 15 is 0 Å². The number of benzene rings is 1. The van der Waals surface area contributed by atoms with Crippen molar-refractivity contribution in [2.45, 2.75) is 20.0 Å². The van der Waals surface area contributed by atoms with E-state index in [9.17, 15) is 4.79 Å². The maximum atomic E-state index is 12.1. The molecule has 0 radical (unpaired) electrons. The van der Waals surface area contributed by atoms with E-state index < -0.39 is 0 Å². The fourth-order valence-corrected chi connectivity index (χ4v) is 2.33. The van der Waals surface area contributed by atoms with Gasteiger partial charge in [0.05, 0.1) is 12.2 Å². The molecule has 0 fully saturated rings. The van der Waals surface area contributed by atoms with Gasteiger partial charge in [0.25, 0.3) is 5.91 Å². The lowest BCUT2D eigenvalue weighted by Crippen LogP contribution is -2.24. The fourth-order valence-electron chi connectivity index (χ4n) is 2.33. The Bertz CT molecular complexity index is 834. The molecule has 3 aromatic rings. The van der Waals surface area contributed by atoms with Crippen LogP contribution in [0, 0.1) is 6.92 Å². The van der Waals surface area contributed by atoms with E-state index in [-0.39, 0.29) is 11.6 Å². The fraction of sp³-hybridized carbons (Fsp3) is 0.158. The largest absolute Gasteiger partial charge is 0.365 e. The van der Waals surface area contributed by atoms with Crippen LogP contribution in [0.2, 0.25) is 0 Å². The summed E-state index contributed by atoms with van der Waals surface area (Å²) in [5, 5.41) is 14.0. The summed E-state index contributed by atoms with van der Waals surface area (Å²) in [6, 6.07) is 17.2. The summed E-state index contributed by atoms with van der Waals surface area (Å²) in [4.78, 5) is 16.2. The molecule has 0 aliphatic carbocycles. The lowest BCUT2D eigenvalue weighted by molar-refractivity contribution is 0.0944. The average molecular weight is 333 g/mol. The minimum Gasteiger partial charge on any atom is -0.365 e. The van der Waals surface area contributed by atoms with Crippen LogP contribution < -0.4 is 10.6 Å². The molecule has 0 aliphatic heterocycles. The molecule has 0 bridgehead atoms. The Kier molecular flexibility index (Phi) is 5.31. The number of aromatic nitrogens is 3. The van der Waals surface area contributed by atoms with Gasteiger partial charge < -0.3 is 10.6 Å². The smallest absolute Gasteiger partial charge is 0.272 e. The molecule has 6 nitrogen and oxygen atoms in total. The maximum Gasteiger partial charge on any atom is 0.272 e. The van der Waals surface area contributed by atoms with Crippen molar-refractivity contribution >= 4 is 11.7 Å². The van der Waals surface area contributed by atoms with Crippen molar-refractivity contribution in [3.05, 3.63) is 83.3 Å². The second-order valence-corrected chi connectivity index (χ2v) is 5.65. The topological polar surface area (TPSA) is 79.8 Å². The normalized spacial score (nSPS) is 10.3. The number of aryl methyl sites for hydroxylation is 1. The second kappa shape index (κ2) is 8.01. The minimum absolute atomic E-state index is 0.275. The van der Waals surface area contributed by atoms with E-state index in [1.807, 2.05) is 30.3 Å². The third kappa shape index (κ3) is 4.84. The predicted molar refractivity (Wildman–Crippen MR) is 95.9 cm³/mol. The molecule has 126 valence electrons. The summed E-state index contributed by atoms with van der Waals surface area (Å²) in [5.41, 5.74) is 3.45. The highest BCUT2D eigenvalue weighted by atomic mass is 16.1.